The third kappa shape index (κ3) is 3.46. The van der Waals surface area contributed by atoms with Gasteiger partial charge >= 0.3 is 0 Å². The second kappa shape index (κ2) is 7.25. The Labute approximate surface area is 156 Å². The van der Waals surface area contributed by atoms with Crippen LogP contribution >= 0.6 is 11.6 Å². The van der Waals surface area contributed by atoms with Crippen LogP contribution in [0.1, 0.15) is 5.56 Å². The monoisotopic (exact) mass is 371 g/mol. The van der Waals surface area contributed by atoms with Crippen LogP contribution in [0.2, 0.25) is 5.02 Å². The van der Waals surface area contributed by atoms with Crippen molar-refractivity contribution in [3.8, 4) is 11.5 Å². The largest absolute Gasteiger partial charge is 0.454 e. The van der Waals surface area contributed by atoms with E-state index in [1.807, 2.05) is 29.2 Å². The molecule has 1 aromatic heterocycles. The summed E-state index contributed by atoms with van der Waals surface area (Å²) in [5, 5.41) is 0.482. The Morgan fingerprint density at radius 2 is 2.00 bits per heavy atom. The number of aromatic nitrogens is 1. The minimum atomic E-state index is -0.0144. The average molecular weight is 372 g/mol. The molecule has 7 heteroatoms. The van der Waals surface area contributed by atoms with E-state index in [0.29, 0.717) is 29.6 Å². The fraction of sp³-hybridized carbons (Fsp3) is 0.263. The topological polar surface area (TPSA) is 54.9 Å². The molecule has 1 aromatic carbocycles. The van der Waals surface area contributed by atoms with Crippen molar-refractivity contribution in [1.29, 1.82) is 0 Å². The van der Waals surface area contributed by atoms with Gasteiger partial charge < -0.3 is 19.3 Å². The number of fused-ring (bicyclic) bond motifs is 1. The van der Waals surface area contributed by atoms with Crippen molar-refractivity contribution in [1.82, 2.24) is 9.88 Å². The van der Waals surface area contributed by atoms with Gasteiger partial charge in [0, 0.05) is 38.5 Å². The molecule has 1 amide bonds. The number of ether oxygens (including phenoxy) is 2. The molecule has 0 spiro atoms. The molecule has 0 unspecified atom stereocenters. The van der Waals surface area contributed by atoms with Gasteiger partial charge in [0.05, 0.1) is 5.02 Å². The molecule has 2 aliphatic rings. The maximum Gasteiger partial charge on any atom is 0.246 e. The van der Waals surface area contributed by atoms with Gasteiger partial charge in [0.1, 0.15) is 5.82 Å². The minimum absolute atomic E-state index is 0.0144. The standard InChI is InChI=1S/C19H18ClN3O3/c20-15-11-14(12-16-19(15)26-13-25-16)4-5-18(24)23-9-7-22(8-10-23)17-3-1-2-6-21-17/h1-6,11-12H,7-10,13H2/b5-4+. The highest BCUT2D eigenvalue weighted by Gasteiger charge is 2.21. The fourth-order valence-electron chi connectivity index (χ4n) is 3.05. The summed E-state index contributed by atoms with van der Waals surface area (Å²) in [5.74, 6) is 2.10. The van der Waals surface area contributed by atoms with E-state index in [9.17, 15) is 4.79 Å². The number of rotatable bonds is 3. The SMILES string of the molecule is O=C(/C=C/c1cc(Cl)c2c(c1)OCO2)N1CCN(c2ccccn2)CC1. The smallest absolute Gasteiger partial charge is 0.246 e. The molecule has 3 heterocycles. The lowest BCUT2D eigenvalue weighted by atomic mass is 10.2. The van der Waals surface area contributed by atoms with Gasteiger partial charge in [0.2, 0.25) is 12.7 Å². The van der Waals surface area contributed by atoms with Crippen LogP contribution in [-0.4, -0.2) is 48.8 Å². The summed E-state index contributed by atoms with van der Waals surface area (Å²) >= 11 is 6.17. The fourth-order valence-corrected chi connectivity index (χ4v) is 3.33. The molecular formula is C19H18ClN3O3. The van der Waals surface area contributed by atoms with Crippen molar-refractivity contribution in [3.63, 3.8) is 0 Å². The van der Waals surface area contributed by atoms with Gasteiger partial charge in [0.25, 0.3) is 0 Å². The summed E-state index contributed by atoms with van der Waals surface area (Å²) in [5.41, 5.74) is 0.805. The highest BCUT2D eigenvalue weighted by Crippen LogP contribution is 2.40. The van der Waals surface area contributed by atoms with Gasteiger partial charge in [0.15, 0.2) is 11.5 Å². The Kier molecular flexibility index (Phi) is 4.67. The van der Waals surface area contributed by atoms with Crippen LogP contribution in [0.4, 0.5) is 5.82 Å². The molecule has 0 radical (unpaired) electrons. The zero-order valence-electron chi connectivity index (χ0n) is 14.1. The number of nitrogens with zero attached hydrogens (tertiary/aromatic N) is 3. The normalized spacial score (nSPS) is 16.3. The van der Waals surface area contributed by atoms with Crippen LogP contribution in [0.5, 0.6) is 11.5 Å². The number of carbonyl (C=O) groups excluding carboxylic acids is 1. The van der Waals surface area contributed by atoms with Crippen LogP contribution in [0, 0.1) is 0 Å². The Morgan fingerprint density at radius 3 is 2.77 bits per heavy atom. The lowest BCUT2D eigenvalue weighted by Crippen LogP contribution is -2.48. The predicted molar refractivity (Wildman–Crippen MR) is 99.6 cm³/mol. The Balaban J connectivity index is 1.37. The summed E-state index contributed by atoms with van der Waals surface area (Å²) in [4.78, 5) is 20.8. The van der Waals surface area contributed by atoms with Crippen molar-refractivity contribution in [2.24, 2.45) is 0 Å². The van der Waals surface area contributed by atoms with E-state index in [4.69, 9.17) is 21.1 Å². The van der Waals surface area contributed by atoms with Gasteiger partial charge in [-0.25, -0.2) is 4.98 Å². The number of piperazine rings is 1. The van der Waals surface area contributed by atoms with Gasteiger partial charge in [-0.3, -0.25) is 4.79 Å². The second-order valence-electron chi connectivity index (χ2n) is 6.07. The number of carbonyl (C=O) groups is 1. The number of halogens is 1. The van der Waals surface area contributed by atoms with Crippen LogP contribution in [-0.2, 0) is 4.79 Å². The number of anilines is 1. The number of benzene rings is 1. The highest BCUT2D eigenvalue weighted by molar-refractivity contribution is 6.32. The summed E-state index contributed by atoms with van der Waals surface area (Å²) in [6.45, 7) is 3.05. The molecule has 26 heavy (non-hydrogen) atoms. The van der Waals surface area contributed by atoms with Gasteiger partial charge in [-0.2, -0.15) is 0 Å². The maximum absolute atomic E-state index is 12.4. The molecular weight excluding hydrogens is 354 g/mol. The Morgan fingerprint density at radius 1 is 1.15 bits per heavy atom. The number of pyridine rings is 1. The first kappa shape index (κ1) is 16.7. The van der Waals surface area contributed by atoms with Gasteiger partial charge in [-0.15, -0.1) is 0 Å². The van der Waals surface area contributed by atoms with Crippen LogP contribution in [0.3, 0.4) is 0 Å². The minimum Gasteiger partial charge on any atom is -0.454 e. The van der Waals surface area contributed by atoms with Crippen molar-refractivity contribution in [3.05, 3.63) is 53.2 Å². The number of amides is 1. The third-order valence-corrected chi connectivity index (χ3v) is 4.71. The highest BCUT2D eigenvalue weighted by atomic mass is 35.5. The third-order valence-electron chi connectivity index (χ3n) is 4.43. The van der Waals surface area contributed by atoms with Crippen molar-refractivity contribution >= 4 is 29.4 Å². The predicted octanol–water partition coefficient (Wildman–Crippen LogP) is 2.83. The van der Waals surface area contributed by atoms with E-state index in [1.54, 1.807) is 24.4 Å². The van der Waals surface area contributed by atoms with E-state index in [-0.39, 0.29) is 12.7 Å². The van der Waals surface area contributed by atoms with Crippen molar-refractivity contribution < 1.29 is 14.3 Å². The van der Waals surface area contributed by atoms with E-state index in [2.05, 4.69) is 9.88 Å². The second-order valence-corrected chi connectivity index (χ2v) is 6.48. The molecule has 4 rings (SSSR count). The number of hydrogen-bond acceptors (Lipinski definition) is 5. The molecule has 0 N–H and O–H groups in total. The van der Waals surface area contributed by atoms with Crippen LogP contribution in [0.25, 0.3) is 6.08 Å². The Hall–Kier alpha value is -2.73. The summed E-state index contributed by atoms with van der Waals surface area (Å²) in [6.07, 6.45) is 5.11. The molecule has 1 fully saturated rings. The number of hydrogen-bond donors (Lipinski definition) is 0. The molecule has 0 bridgehead atoms. The van der Waals surface area contributed by atoms with Crippen LogP contribution < -0.4 is 14.4 Å². The first-order chi connectivity index (χ1) is 12.7. The summed E-state index contributed by atoms with van der Waals surface area (Å²) in [6, 6.07) is 9.44. The molecule has 0 atom stereocenters. The lowest BCUT2D eigenvalue weighted by Gasteiger charge is -2.34. The zero-order chi connectivity index (χ0) is 17.9. The van der Waals surface area contributed by atoms with E-state index < -0.39 is 0 Å². The van der Waals surface area contributed by atoms with E-state index >= 15 is 0 Å². The molecule has 2 aliphatic heterocycles. The van der Waals surface area contributed by atoms with Crippen LogP contribution in [0.15, 0.2) is 42.6 Å². The molecule has 2 aromatic rings. The van der Waals surface area contributed by atoms with E-state index in [1.165, 1.54) is 0 Å². The Bertz CT molecular complexity index is 833. The molecule has 6 nitrogen and oxygen atoms in total. The first-order valence-electron chi connectivity index (χ1n) is 8.43. The quantitative estimate of drug-likeness (QED) is 0.776. The van der Waals surface area contributed by atoms with Gasteiger partial charge in [-0.05, 0) is 35.9 Å². The maximum atomic E-state index is 12.4. The average Bonchev–Trinajstić information content (AvgIpc) is 3.16. The summed E-state index contributed by atoms with van der Waals surface area (Å²) < 4.78 is 10.6. The van der Waals surface area contributed by atoms with Crippen molar-refractivity contribution in [2.75, 3.05) is 37.9 Å². The summed E-state index contributed by atoms with van der Waals surface area (Å²) in [7, 11) is 0. The first-order valence-corrected chi connectivity index (χ1v) is 8.80. The molecule has 1 saturated heterocycles. The zero-order valence-corrected chi connectivity index (χ0v) is 14.9. The molecule has 0 saturated carbocycles. The lowest BCUT2D eigenvalue weighted by molar-refractivity contribution is -0.126. The van der Waals surface area contributed by atoms with E-state index in [0.717, 1.165) is 24.5 Å². The van der Waals surface area contributed by atoms with Gasteiger partial charge in [-0.1, -0.05) is 17.7 Å². The molecule has 134 valence electrons. The molecule has 0 aliphatic carbocycles. The van der Waals surface area contributed by atoms with Crippen molar-refractivity contribution in [2.45, 2.75) is 0 Å².